The summed E-state index contributed by atoms with van der Waals surface area (Å²) in [5.74, 6) is 0.0702. The topological polar surface area (TPSA) is 94.4 Å². The maximum absolute atomic E-state index is 12.3. The quantitative estimate of drug-likeness (QED) is 0.815. The lowest BCUT2D eigenvalue weighted by atomic mass is 10.0. The number of methoxy groups -OCH3 is 1. The van der Waals surface area contributed by atoms with Crippen LogP contribution in [0.5, 0.6) is 5.88 Å². The monoisotopic (exact) mass is 346 g/mol. The lowest BCUT2D eigenvalue weighted by Crippen LogP contribution is -2.48. The standard InChI is InChI=1S/C16H22N6O3/c1-21-6-7-25-13(15(21)12-8-17-10-22(12)2)9-18-16(23)11-4-5-14(24-3)20-19-11/h4-5,8,10,13,15H,6-7,9H2,1-3H3,(H,18,23)/t13-,15-/m0/s1. The summed E-state index contributed by atoms with van der Waals surface area (Å²) in [4.78, 5) is 18.7. The van der Waals surface area contributed by atoms with Crippen LogP contribution >= 0.6 is 0 Å². The van der Waals surface area contributed by atoms with E-state index in [1.807, 2.05) is 24.9 Å². The average molecular weight is 346 g/mol. The van der Waals surface area contributed by atoms with Crippen LogP contribution < -0.4 is 10.1 Å². The van der Waals surface area contributed by atoms with Crippen molar-refractivity contribution in [1.29, 1.82) is 0 Å². The molecule has 1 amide bonds. The second kappa shape index (κ2) is 7.58. The van der Waals surface area contributed by atoms with Gasteiger partial charge in [0, 0.05) is 32.4 Å². The number of carbonyl (C=O) groups excluding carboxylic acids is 1. The van der Waals surface area contributed by atoms with Crippen LogP contribution in [0.2, 0.25) is 0 Å². The van der Waals surface area contributed by atoms with Gasteiger partial charge in [-0.2, -0.15) is 0 Å². The van der Waals surface area contributed by atoms with Crippen LogP contribution in [-0.4, -0.2) is 70.5 Å². The molecule has 0 unspecified atom stereocenters. The summed E-state index contributed by atoms with van der Waals surface area (Å²) in [6.45, 7) is 1.81. The van der Waals surface area contributed by atoms with Gasteiger partial charge in [0.25, 0.3) is 5.91 Å². The number of ether oxygens (including phenoxy) is 2. The highest BCUT2D eigenvalue weighted by Crippen LogP contribution is 2.27. The van der Waals surface area contributed by atoms with Crippen LogP contribution in [0.25, 0.3) is 0 Å². The molecular formula is C16H22N6O3. The van der Waals surface area contributed by atoms with Crippen LogP contribution in [0, 0.1) is 0 Å². The van der Waals surface area contributed by atoms with E-state index in [4.69, 9.17) is 9.47 Å². The first-order chi connectivity index (χ1) is 12.1. The fourth-order valence-corrected chi connectivity index (χ4v) is 2.94. The first kappa shape index (κ1) is 17.3. The fourth-order valence-electron chi connectivity index (χ4n) is 2.94. The van der Waals surface area contributed by atoms with Gasteiger partial charge < -0.3 is 19.4 Å². The molecule has 134 valence electrons. The molecule has 1 N–H and O–H groups in total. The van der Waals surface area contributed by atoms with Crippen molar-refractivity contribution in [3.63, 3.8) is 0 Å². The Hall–Kier alpha value is -2.52. The number of likely N-dealkylation sites (N-methyl/N-ethyl adjacent to an activating group) is 1. The summed E-state index contributed by atoms with van der Waals surface area (Å²) < 4.78 is 12.8. The van der Waals surface area contributed by atoms with Gasteiger partial charge in [0.1, 0.15) is 0 Å². The Morgan fingerprint density at radius 1 is 1.40 bits per heavy atom. The molecular weight excluding hydrogens is 324 g/mol. The maximum atomic E-state index is 12.3. The van der Waals surface area contributed by atoms with Crippen LogP contribution in [0.1, 0.15) is 22.2 Å². The number of aromatic nitrogens is 4. The van der Waals surface area contributed by atoms with Crippen molar-refractivity contribution in [2.24, 2.45) is 7.05 Å². The number of amides is 1. The Labute approximate surface area is 146 Å². The number of morpholine rings is 1. The molecule has 25 heavy (non-hydrogen) atoms. The second-order valence-electron chi connectivity index (χ2n) is 5.94. The first-order valence-corrected chi connectivity index (χ1v) is 8.04. The van der Waals surface area contributed by atoms with Crippen LogP contribution in [0.15, 0.2) is 24.7 Å². The van der Waals surface area contributed by atoms with Crippen molar-refractivity contribution < 1.29 is 14.3 Å². The van der Waals surface area contributed by atoms with E-state index >= 15 is 0 Å². The average Bonchev–Trinajstić information content (AvgIpc) is 3.05. The zero-order valence-electron chi connectivity index (χ0n) is 14.5. The Morgan fingerprint density at radius 3 is 2.88 bits per heavy atom. The third-order valence-electron chi connectivity index (χ3n) is 4.31. The van der Waals surface area contributed by atoms with Gasteiger partial charge in [0.05, 0.1) is 37.9 Å². The highest BCUT2D eigenvalue weighted by Gasteiger charge is 2.33. The predicted molar refractivity (Wildman–Crippen MR) is 89.2 cm³/mol. The molecule has 1 saturated heterocycles. The summed E-state index contributed by atoms with van der Waals surface area (Å²) in [5, 5.41) is 10.5. The molecule has 0 aromatic carbocycles. The Bertz CT molecular complexity index is 717. The summed E-state index contributed by atoms with van der Waals surface area (Å²) in [7, 11) is 5.50. The van der Waals surface area contributed by atoms with E-state index in [2.05, 4.69) is 25.4 Å². The fraction of sp³-hybridized carbons (Fsp3) is 0.500. The lowest BCUT2D eigenvalue weighted by Gasteiger charge is -2.39. The van der Waals surface area contributed by atoms with E-state index < -0.39 is 0 Å². The van der Waals surface area contributed by atoms with Crippen molar-refractivity contribution in [3.8, 4) is 5.88 Å². The number of imidazole rings is 1. The zero-order chi connectivity index (χ0) is 17.8. The number of hydrogen-bond donors (Lipinski definition) is 1. The summed E-state index contributed by atoms with van der Waals surface area (Å²) in [6, 6.07) is 3.20. The number of carbonyl (C=O) groups is 1. The van der Waals surface area contributed by atoms with Crippen molar-refractivity contribution in [2.75, 3.05) is 33.9 Å². The van der Waals surface area contributed by atoms with Crippen LogP contribution in [0.3, 0.4) is 0 Å². The molecule has 9 heteroatoms. The first-order valence-electron chi connectivity index (χ1n) is 8.04. The third kappa shape index (κ3) is 3.77. The molecule has 3 heterocycles. The number of nitrogens with one attached hydrogen (secondary N) is 1. The molecule has 1 aliphatic heterocycles. The van der Waals surface area contributed by atoms with Gasteiger partial charge in [-0.3, -0.25) is 9.69 Å². The Balaban J connectivity index is 1.67. The van der Waals surface area contributed by atoms with Gasteiger partial charge in [-0.05, 0) is 13.1 Å². The van der Waals surface area contributed by atoms with Crippen molar-refractivity contribution in [3.05, 3.63) is 36.0 Å². The Morgan fingerprint density at radius 2 is 2.24 bits per heavy atom. The molecule has 9 nitrogen and oxygen atoms in total. The molecule has 0 spiro atoms. The van der Waals surface area contributed by atoms with E-state index in [9.17, 15) is 4.79 Å². The molecule has 0 radical (unpaired) electrons. The molecule has 2 aromatic rings. The summed E-state index contributed by atoms with van der Waals surface area (Å²) >= 11 is 0. The molecule has 1 aliphatic rings. The Kier molecular flexibility index (Phi) is 5.25. The maximum Gasteiger partial charge on any atom is 0.271 e. The minimum absolute atomic E-state index is 0.0171. The van der Waals surface area contributed by atoms with E-state index in [0.717, 1.165) is 12.2 Å². The van der Waals surface area contributed by atoms with Crippen molar-refractivity contribution >= 4 is 5.91 Å². The molecule has 0 aliphatic carbocycles. The van der Waals surface area contributed by atoms with E-state index in [1.165, 1.54) is 7.11 Å². The summed E-state index contributed by atoms with van der Waals surface area (Å²) in [6.07, 6.45) is 3.42. The zero-order valence-corrected chi connectivity index (χ0v) is 14.5. The van der Waals surface area contributed by atoms with Gasteiger partial charge in [-0.15, -0.1) is 10.2 Å². The molecule has 0 saturated carbocycles. The van der Waals surface area contributed by atoms with Crippen molar-refractivity contribution in [2.45, 2.75) is 12.1 Å². The van der Waals surface area contributed by atoms with Gasteiger partial charge in [0.2, 0.25) is 5.88 Å². The van der Waals surface area contributed by atoms with Gasteiger partial charge >= 0.3 is 0 Å². The van der Waals surface area contributed by atoms with Crippen molar-refractivity contribution in [1.82, 2.24) is 30.0 Å². The van der Waals surface area contributed by atoms with Crippen LogP contribution in [0.4, 0.5) is 0 Å². The molecule has 2 atom stereocenters. The minimum Gasteiger partial charge on any atom is -0.480 e. The van der Waals surface area contributed by atoms with Gasteiger partial charge in [-0.1, -0.05) is 0 Å². The minimum atomic E-state index is -0.296. The van der Waals surface area contributed by atoms with Gasteiger partial charge in [-0.25, -0.2) is 4.98 Å². The number of nitrogens with zero attached hydrogens (tertiary/aromatic N) is 5. The SMILES string of the molecule is COc1ccc(C(=O)NC[C@@H]2OCCN(C)[C@H]2c2cncn2C)nn1. The van der Waals surface area contributed by atoms with Crippen LogP contribution in [-0.2, 0) is 11.8 Å². The highest BCUT2D eigenvalue weighted by molar-refractivity contribution is 5.92. The predicted octanol–water partition coefficient (Wildman–Crippen LogP) is 0.0204. The molecule has 2 aromatic heterocycles. The van der Waals surface area contributed by atoms with E-state index in [1.54, 1.807) is 18.5 Å². The highest BCUT2D eigenvalue weighted by atomic mass is 16.5. The van der Waals surface area contributed by atoms with E-state index in [0.29, 0.717) is 19.0 Å². The molecule has 1 fully saturated rings. The normalized spacial score (nSPS) is 21.1. The van der Waals surface area contributed by atoms with E-state index in [-0.39, 0.29) is 23.7 Å². The van der Waals surface area contributed by atoms with Gasteiger partial charge in [0.15, 0.2) is 5.69 Å². The number of hydrogen-bond acceptors (Lipinski definition) is 7. The summed E-state index contributed by atoms with van der Waals surface area (Å²) in [5.41, 5.74) is 1.28. The molecule has 3 rings (SSSR count). The number of aryl methyl sites for hydroxylation is 1. The lowest BCUT2D eigenvalue weighted by molar-refractivity contribution is -0.0626. The molecule has 0 bridgehead atoms. The smallest absolute Gasteiger partial charge is 0.271 e. The number of rotatable bonds is 5. The third-order valence-corrected chi connectivity index (χ3v) is 4.31. The second-order valence-corrected chi connectivity index (χ2v) is 5.94. The largest absolute Gasteiger partial charge is 0.480 e.